The van der Waals surface area contributed by atoms with Crippen molar-refractivity contribution in [2.45, 2.75) is 6.54 Å². The van der Waals surface area contributed by atoms with Crippen molar-refractivity contribution >= 4 is 5.91 Å². The summed E-state index contributed by atoms with van der Waals surface area (Å²) < 4.78 is 25.0. The van der Waals surface area contributed by atoms with Gasteiger partial charge in [-0.25, -0.2) is 9.37 Å². The molecule has 2 aromatic carbocycles. The Hall–Kier alpha value is -3.68. The topological polar surface area (TPSA) is 82.4 Å². The standard InChI is InChI=1S/C21H20FN3O4/c1-28-18-4-2-3-5-19(18)29-13-20(26)23-10-11-25-14-24-17(12-21(25)27)15-6-8-16(22)9-7-15/h2-9,12,14H,10-11,13H2,1H3,(H,23,26). The molecule has 0 unspecified atom stereocenters. The summed E-state index contributed by atoms with van der Waals surface area (Å²) in [6, 6.07) is 14.1. The van der Waals surface area contributed by atoms with Gasteiger partial charge >= 0.3 is 0 Å². The highest BCUT2D eigenvalue weighted by molar-refractivity contribution is 5.77. The second-order valence-corrected chi connectivity index (χ2v) is 6.10. The minimum absolute atomic E-state index is 0.170. The van der Waals surface area contributed by atoms with Crippen molar-refractivity contribution in [3.8, 4) is 22.8 Å². The van der Waals surface area contributed by atoms with Gasteiger partial charge in [-0.3, -0.25) is 14.2 Å². The molecule has 7 nitrogen and oxygen atoms in total. The van der Waals surface area contributed by atoms with Crippen LogP contribution in [0.25, 0.3) is 11.3 Å². The second kappa shape index (κ2) is 9.50. The van der Waals surface area contributed by atoms with Gasteiger partial charge in [0.25, 0.3) is 11.5 Å². The number of nitrogens with one attached hydrogen (secondary N) is 1. The summed E-state index contributed by atoms with van der Waals surface area (Å²) >= 11 is 0. The average molecular weight is 397 g/mol. The molecule has 0 fully saturated rings. The molecule has 0 aliphatic carbocycles. The van der Waals surface area contributed by atoms with Crippen LogP contribution in [0.4, 0.5) is 4.39 Å². The third kappa shape index (κ3) is 5.41. The summed E-state index contributed by atoms with van der Waals surface area (Å²) in [5.41, 5.74) is 0.844. The molecule has 0 spiro atoms. The van der Waals surface area contributed by atoms with Crippen LogP contribution < -0.4 is 20.3 Å². The number of nitrogens with zero attached hydrogens (tertiary/aromatic N) is 2. The number of para-hydroxylation sites is 2. The number of methoxy groups -OCH3 is 1. The predicted octanol–water partition coefficient (Wildman–Crippen LogP) is 2.25. The molecule has 0 saturated heterocycles. The second-order valence-electron chi connectivity index (χ2n) is 6.10. The quantitative estimate of drug-likeness (QED) is 0.631. The van der Waals surface area contributed by atoms with E-state index in [-0.39, 0.29) is 37.0 Å². The van der Waals surface area contributed by atoms with Gasteiger partial charge in [-0.1, -0.05) is 12.1 Å². The van der Waals surface area contributed by atoms with E-state index in [1.54, 1.807) is 36.4 Å². The summed E-state index contributed by atoms with van der Waals surface area (Å²) in [6.45, 7) is 0.332. The molecule has 0 atom stereocenters. The fourth-order valence-corrected chi connectivity index (χ4v) is 2.62. The minimum Gasteiger partial charge on any atom is -0.493 e. The fraction of sp³-hybridized carbons (Fsp3) is 0.190. The summed E-state index contributed by atoms with van der Waals surface area (Å²) in [7, 11) is 1.52. The molecule has 1 heterocycles. The van der Waals surface area contributed by atoms with Crippen molar-refractivity contribution in [1.82, 2.24) is 14.9 Å². The molecular weight excluding hydrogens is 377 g/mol. The molecule has 3 rings (SSSR count). The van der Waals surface area contributed by atoms with Gasteiger partial charge in [0, 0.05) is 24.7 Å². The van der Waals surface area contributed by atoms with Crippen molar-refractivity contribution in [2.75, 3.05) is 20.3 Å². The maximum atomic E-state index is 13.0. The zero-order valence-corrected chi connectivity index (χ0v) is 15.8. The first-order chi connectivity index (χ1) is 14.1. The van der Waals surface area contributed by atoms with Crippen LogP contribution in [0.5, 0.6) is 11.5 Å². The molecule has 8 heteroatoms. The SMILES string of the molecule is COc1ccccc1OCC(=O)NCCn1cnc(-c2ccc(F)cc2)cc1=O. The van der Waals surface area contributed by atoms with Crippen LogP contribution in [0, 0.1) is 5.82 Å². The molecule has 0 aliphatic heterocycles. The van der Waals surface area contributed by atoms with Crippen LogP contribution in [0.2, 0.25) is 0 Å². The minimum atomic E-state index is -0.354. The van der Waals surface area contributed by atoms with Crippen LogP contribution in [-0.2, 0) is 11.3 Å². The molecular formula is C21H20FN3O4. The number of amides is 1. The average Bonchev–Trinajstić information content (AvgIpc) is 2.74. The first kappa shape index (κ1) is 20.1. The number of ether oxygens (including phenoxy) is 2. The van der Waals surface area contributed by atoms with Crippen molar-refractivity contribution in [1.29, 1.82) is 0 Å². The summed E-state index contributed by atoms with van der Waals surface area (Å²) in [5.74, 6) is 0.341. The van der Waals surface area contributed by atoms with E-state index in [0.29, 0.717) is 22.8 Å². The summed E-state index contributed by atoms with van der Waals surface area (Å²) in [5, 5.41) is 2.68. The third-order valence-corrected chi connectivity index (χ3v) is 4.12. The number of rotatable bonds is 8. The Balaban J connectivity index is 1.50. The van der Waals surface area contributed by atoms with Gasteiger partial charge in [-0.2, -0.15) is 0 Å². The molecule has 0 saturated carbocycles. The maximum absolute atomic E-state index is 13.0. The third-order valence-electron chi connectivity index (χ3n) is 4.12. The van der Waals surface area contributed by atoms with Crippen molar-refractivity contribution in [3.63, 3.8) is 0 Å². The number of hydrogen-bond donors (Lipinski definition) is 1. The highest BCUT2D eigenvalue weighted by Crippen LogP contribution is 2.25. The highest BCUT2D eigenvalue weighted by atomic mass is 19.1. The molecule has 150 valence electrons. The van der Waals surface area contributed by atoms with Gasteiger partial charge in [-0.05, 0) is 36.4 Å². The largest absolute Gasteiger partial charge is 0.493 e. The molecule has 1 N–H and O–H groups in total. The Morgan fingerprint density at radius 2 is 1.86 bits per heavy atom. The van der Waals surface area contributed by atoms with Gasteiger partial charge < -0.3 is 14.8 Å². The molecule has 29 heavy (non-hydrogen) atoms. The van der Waals surface area contributed by atoms with Crippen molar-refractivity contribution < 1.29 is 18.7 Å². The van der Waals surface area contributed by atoms with Gasteiger partial charge in [0.1, 0.15) is 5.82 Å². The summed E-state index contributed by atoms with van der Waals surface area (Å²) in [4.78, 5) is 28.4. The highest BCUT2D eigenvalue weighted by Gasteiger charge is 2.07. The molecule has 0 bridgehead atoms. The normalized spacial score (nSPS) is 10.4. The lowest BCUT2D eigenvalue weighted by molar-refractivity contribution is -0.123. The lowest BCUT2D eigenvalue weighted by Gasteiger charge is -2.11. The zero-order chi connectivity index (χ0) is 20.6. The Kier molecular flexibility index (Phi) is 6.57. The molecule has 0 aliphatic rings. The Morgan fingerprint density at radius 1 is 1.14 bits per heavy atom. The Morgan fingerprint density at radius 3 is 2.55 bits per heavy atom. The molecule has 1 aromatic heterocycles. The number of aromatic nitrogens is 2. The number of benzene rings is 2. The van der Waals surface area contributed by atoms with Crippen LogP contribution >= 0.6 is 0 Å². The number of hydrogen-bond acceptors (Lipinski definition) is 5. The molecule has 3 aromatic rings. The fourth-order valence-electron chi connectivity index (χ4n) is 2.62. The van der Waals surface area contributed by atoms with Gasteiger partial charge in [0.15, 0.2) is 18.1 Å². The number of carbonyl (C=O) groups is 1. The van der Waals surface area contributed by atoms with E-state index in [1.807, 2.05) is 0 Å². The van der Waals surface area contributed by atoms with E-state index in [4.69, 9.17) is 9.47 Å². The monoisotopic (exact) mass is 397 g/mol. The smallest absolute Gasteiger partial charge is 0.258 e. The Bertz CT molecular complexity index is 1030. The lowest BCUT2D eigenvalue weighted by atomic mass is 10.1. The zero-order valence-electron chi connectivity index (χ0n) is 15.8. The van der Waals surface area contributed by atoms with Crippen molar-refractivity contribution in [2.24, 2.45) is 0 Å². The van der Waals surface area contributed by atoms with Crippen LogP contribution in [0.15, 0.2) is 65.7 Å². The first-order valence-corrected chi connectivity index (χ1v) is 8.92. The summed E-state index contributed by atoms with van der Waals surface area (Å²) in [6.07, 6.45) is 1.40. The predicted molar refractivity (Wildman–Crippen MR) is 105 cm³/mol. The van der Waals surface area contributed by atoms with E-state index in [9.17, 15) is 14.0 Å². The van der Waals surface area contributed by atoms with E-state index in [2.05, 4.69) is 10.3 Å². The van der Waals surface area contributed by atoms with Gasteiger partial charge in [0.05, 0.1) is 19.1 Å². The first-order valence-electron chi connectivity index (χ1n) is 8.92. The van der Waals surface area contributed by atoms with E-state index < -0.39 is 0 Å². The maximum Gasteiger partial charge on any atom is 0.258 e. The number of carbonyl (C=O) groups excluding carboxylic acids is 1. The van der Waals surface area contributed by atoms with Gasteiger partial charge in [-0.15, -0.1) is 0 Å². The van der Waals surface area contributed by atoms with Crippen molar-refractivity contribution in [3.05, 3.63) is 77.1 Å². The van der Waals surface area contributed by atoms with Gasteiger partial charge in [0.2, 0.25) is 0 Å². The van der Waals surface area contributed by atoms with Crippen LogP contribution in [0.3, 0.4) is 0 Å². The number of halogens is 1. The van der Waals surface area contributed by atoms with Crippen LogP contribution in [-0.4, -0.2) is 35.7 Å². The molecule has 1 amide bonds. The lowest BCUT2D eigenvalue weighted by Crippen LogP contribution is -2.33. The van der Waals surface area contributed by atoms with Crippen LogP contribution in [0.1, 0.15) is 0 Å². The molecule has 0 radical (unpaired) electrons. The van der Waals surface area contributed by atoms with E-state index in [0.717, 1.165) is 0 Å². The van der Waals surface area contributed by atoms with E-state index >= 15 is 0 Å². The Labute approximate surface area is 166 Å². The van der Waals surface area contributed by atoms with E-state index in [1.165, 1.54) is 36.2 Å².